The quantitative estimate of drug-likeness (QED) is 0.865. The first-order chi connectivity index (χ1) is 10.0. The van der Waals surface area contributed by atoms with E-state index in [-0.39, 0.29) is 5.69 Å². The summed E-state index contributed by atoms with van der Waals surface area (Å²) in [4.78, 5) is 29.6. The summed E-state index contributed by atoms with van der Waals surface area (Å²) in [5.41, 5.74) is -0.417. The Kier molecular flexibility index (Phi) is 4.13. The summed E-state index contributed by atoms with van der Waals surface area (Å²) in [6.45, 7) is 2.25. The van der Waals surface area contributed by atoms with Gasteiger partial charge in [-0.05, 0) is 19.1 Å². The molecule has 0 fully saturated rings. The zero-order valence-electron chi connectivity index (χ0n) is 11.1. The molecule has 0 saturated carbocycles. The third-order valence-electron chi connectivity index (χ3n) is 2.64. The lowest BCUT2D eigenvalue weighted by Gasteiger charge is -2.10. The van der Waals surface area contributed by atoms with Crippen LogP contribution in [0.25, 0.3) is 11.3 Å². The molecule has 2 N–H and O–H groups in total. The molecule has 0 unspecified atom stereocenters. The van der Waals surface area contributed by atoms with E-state index in [2.05, 4.69) is 9.97 Å². The van der Waals surface area contributed by atoms with Gasteiger partial charge in [0, 0.05) is 5.56 Å². The molecule has 21 heavy (non-hydrogen) atoms. The zero-order valence-corrected chi connectivity index (χ0v) is 11.1. The first-order valence-electron chi connectivity index (χ1n) is 6.10. The Hall–Kier alpha value is -2.96. The van der Waals surface area contributed by atoms with Crippen LogP contribution in [0, 0.1) is 0 Å². The minimum Gasteiger partial charge on any atom is -0.493 e. The molecule has 108 valence electrons. The maximum Gasteiger partial charge on any atom is 0.357 e. The average Bonchev–Trinajstić information content (AvgIpc) is 2.47. The fraction of sp³-hybridized carbons (Fsp3) is 0.143. The molecule has 2 aromatic rings. The van der Waals surface area contributed by atoms with Gasteiger partial charge in [-0.2, -0.15) is 0 Å². The first kappa shape index (κ1) is 14.4. The van der Waals surface area contributed by atoms with Gasteiger partial charge in [0.2, 0.25) is 0 Å². The number of ether oxygens (including phenoxy) is 1. The average molecular weight is 288 g/mol. The molecular weight excluding hydrogens is 276 g/mol. The molecule has 1 aromatic carbocycles. The van der Waals surface area contributed by atoms with Gasteiger partial charge in [0.1, 0.15) is 5.75 Å². The van der Waals surface area contributed by atoms with E-state index in [0.717, 1.165) is 0 Å². The number of hydrogen-bond acceptors (Lipinski definition) is 5. The van der Waals surface area contributed by atoms with Crippen LogP contribution in [-0.2, 0) is 0 Å². The summed E-state index contributed by atoms with van der Waals surface area (Å²) >= 11 is 0. The second-order valence-corrected chi connectivity index (χ2v) is 3.99. The molecule has 0 radical (unpaired) electrons. The van der Waals surface area contributed by atoms with Gasteiger partial charge < -0.3 is 14.9 Å². The lowest BCUT2D eigenvalue weighted by atomic mass is 10.1. The van der Waals surface area contributed by atoms with E-state index < -0.39 is 23.3 Å². The molecule has 0 bridgehead atoms. The molecule has 0 aliphatic heterocycles. The highest BCUT2D eigenvalue weighted by Gasteiger charge is 2.21. The fourth-order valence-corrected chi connectivity index (χ4v) is 1.78. The minimum absolute atomic E-state index is 0.237. The van der Waals surface area contributed by atoms with E-state index in [4.69, 9.17) is 14.9 Å². The molecule has 1 heterocycles. The van der Waals surface area contributed by atoms with Gasteiger partial charge in [0.15, 0.2) is 11.4 Å². The molecule has 0 spiro atoms. The van der Waals surface area contributed by atoms with Crippen LogP contribution in [0.2, 0.25) is 0 Å². The standard InChI is InChI=1S/C14H12N2O5/c1-2-21-10-6-4-3-5-8(10)9-7-15-11(13(17)18)12(16-9)14(19)20/h3-7H,2H2,1H3,(H,17,18)(H,19,20). The number of carboxylic acids is 2. The summed E-state index contributed by atoms with van der Waals surface area (Å²) in [5, 5.41) is 18.0. The van der Waals surface area contributed by atoms with Crippen LogP contribution < -0.4 is 4.74 Å². The van der Waals surface area contributed by atoms with Gasteiger partial charge in [-0.1, -0.05) is 12.1 Å². The lowest BCUT2D eigenvalue weighted by Crippen LogP contribution is -2.13. The number of aromatic nitrogens is 2. The Morgan fingerprint density at radius 2 is 1.81 bits per heavy atom. The number of nitrogens with zero attached hydrogens (tertiary/aromatic N) is 2. The largest absolute Gasteiger partial charge is 0.493 e. The van der Waals surface area contributed by atoms with Crippen LogP contribution in [0.15, 0.2) is 30.5 Å². The summed E-state index contributed by atoms with van der Waals surface area (Å²) in [6.07, 6.45) is 1.22. The van der Waals surface area contributed by atoms with Crippen LogP contribution in [-0.4, -0.2) is 38.7 Å². The van der Waals surface area contributed by atoms with Crippen LogP contribution >= 0.6 is 0 Å². The molecule has 7 heteroatoms. The Morgan fingerprint density at radius 3 is 2.43 bits per heavy atom. The third kappa shape index (κ3) is 2.97. The Morgan fingerprint density at radius 1 is 1.14 bits per heavy atom. The number of hydrogen-bond donors (Lipinski definition) is 2. The second kappa shape index (κ2) is 6.00. The summed E-state index contributed by atoms with van der Waals surface area (Å²) in [6, 6.07) is 6.92. The van der Waals surface area contributed by atoms with Crippen molar-refractivity contribution in [3.8, 4) is 17.0 Å². The van der Waals surface area contributed by atoms with Gasteiger partial charge in [-0.3, -0.25) is 0 Å². The van der Waals surface area contributed by atoms with Crippen molar-refractivity contribution in [2.24, 2.45) is 0 Å². The molecule has 0 atom stereocenters. The highest BCUT2D eigenvalue weighted by atomic mass is 16.5. The van der Waals surface area contributed by atoms with Crippen molar-refractivity contribution in [3.63, 3.8) is 0 Å². The summed E-state index contributed by atoms with van der Waals surface area (Å²) in [5.74, 6) is -2.37. The third-order valence-corrected chi connectivity index (χ3v) is 2.64. The van der Waals surface area contributed by atoms with Crippen molar-refractivity contribution >= 4 is 11.9 Å². The van der Waals surface area contributed by atoms with Crippen molar-refractivity contribution in [2.45, 2.75) is 6.92 Å². The topological polar surface area (TPSA) is 110 Å². The molecule has 7 nitrogen and oxygen atoms in total. The van der Waals surface area contributed by atoms with E-state index in [1.807, 2.05) is 6.92 Å². The molecule has 0 aliphatic carbocycles. The van der Waals surface area contributed by atoms with E-state index >= 15 is 0 Å². The molecule has 0 saturated heterocycles. The molecule has 0 amide bonds. The first-order valence-corrected chi connectivity index (χ1v) is 6.10. The van der Waals surface area contributed by atoms with Crippen LogP contribution in [0.1, 0.15) is 27.9 Å². The smallest absolute Gasteiger partial charge is 0.357 e. The minimum atomic E-state index is -1.45. The van der Waals surface area contributed by atoms with Crippen LogP contribution in [0.5, 0.6) is 5.75 Å². The van der Waals surface area contributed by atoms with Crippen molar-refractivity contribution in [2.75, 3.05) is 6.61 Å². The maximum atomic E-state index is 11.1. The maximum absolute atomic E-state index is 11.1. The number of rotatable bonds is 5. The number of carbonyl (C=O) groups is 2. The van der Waals surface area contributed by atoms with Gasteiger partial charge in [-0.15, -0.1) is 0 Å². The summed E-state index contributed by atoms with van der Waals surface area (Å²) < 4.78 is 5.44. The SMILES string of the molecule is CCOc1ccccc1-c1cnc(C(=O)O)c(C(=O)O)n1. The van der Waals surface area contributed by atoms with Crippen molar-refractivity contribution in [1.29, 1.82) is 0 Å². The molecule has 0 aliphatic rings. The van der Waals surface area contributed by atoms with Crippen LogP contribution in [0.4, 0.5) is 0 Å². The highest BCUT2D eigenvalue weighted by Crippen LogP contribution is 2.28. The van der Waals surface area contributed by atoms with Gasteiger partial charge >= 0.3 is 11.9 Å². The Balaban J connectivity index is 2.58. The van der Waals surface area contributed by atoms with Crippen molar-refractivity contribution in [3.05, 3.63) is 41.9 Å². The van der Waals surface area contributed by atoms with E-state index in [1.54, 1.807) is 24.3 Å². The number of aromatic carboxylic acids is 2. The van der Waals surface area contributed by atoms with Gasteiger partial charge in [0.05, 0.1) is 18.5 Å². The monoisotopic (exact) mass is 288 g/mol. The second-order valence-electron chi connectivity index (χ2n) is 3.99. The lowest BCUT2D eigenvalue weighted by molar-refractivity contribution is 0.0641. The molecule has 1 aromatic heterocycles. The fourth-order valence-electron chi connectivity index (χ4n) is 1.78. The van der Waals surface area contributed by atoms with E-state index in [1.165, 1.54) is 6.20 Å². The number of carboxylic acid groups (broad SMARTS) is 2. The van der Waals surface area contributed by atoms with Crippen LogP contribution in [0.3, 0.4) is 0 Å². The number of benzene rings is 1. The Bertz CT molecular complexity index is 700. The normalized spacial score (nSPS) is 10.1. The predicted octanol–water partition coefficient (Wildman–Crippen LogP) is 1.94. The van der Waals surface area contributed by atoms with Gasteiger partial charge in [-0.25, -0.2) is 19.6 Å². The highest BCUT2D eigenvalue weighted by molar-refractivity contribution is 5.99. The number of para-hydroxylation sites is 1. The molecular formula is C14H12N2O5. The zero-order chi connectivity index (χ0) is 15.4. The van der Waals surface area contributed by atoms with E-state index in [0.29, 0.717) is 17.9 Å². The van der Waals surface area contributed by atoms with E-state index in [9.17, 15) is 9.59 Å². The predicted molar refractivity (Wildman–Crippen MR) is 72.6 cm³/mol. The molecule has 2 rings (SSSR count). The van der Waals surface area contributed by atoms with Crippen molar-refractivity contribution in [1.82, 2.24) is 9.97 Å². The Labute approximate surface area is 119 Å². The van der Waals surface area contributed by atoms with Gasteiger partial charge in [0.25, 0.3) is 0 Å². The van der Waals surface area contributed by atoms with Crippen molar-refractivity contribution < 1.29 is 24.5 Å². The summed E-state index contributed by atoms with van der Waals surface area (Å²) in [7, 11) is 0.